The highest BCUT2D eigenvalue weighted by Crippen LogP contribution is 2.51. The zero-order chi connectivity index (χ0) is 14.2. The number of hydrogen-bond acceptors (Lipinski definition) is 1. The molecule has 1 saturated carbocycles. The summed E-state index contributed by atoms with van der Waals surface area (Å²) < 4.78 is 26.9. The minimum atomic E-state index is -0.862. The second-order valence-electron chi connectivity index (χ2n) is 5.46. The largest absolute Gasteiger partial charge is 0.392 e. The van der Waals surface area contributed by atoms with Crippen LogP contribution in [-0.2, 0) is 11.8 Å². The molecular weight excluding hydrogens is 258 g/mol. The van der Waals surface area contributed by atoms with Crippen LogP contribution in [0.1, 0.15) is 24.0 Å². The van der Waals surface area contributed by atoms with Crippen LogP contribution < -0.4 is 0 Å². The van der Waals surface area contributed by atoms with Gasteiger partial charge in [-0.25, -0.2) is 8.78 Å². The quantitative estimate of drug-likeness (QED) is 0.903. The summed E-state index contributed by atoms with van der Waals surface area (Å²) in [5.41, 5.74) is 1.02. The molecule has 104 valence electrons. The molecule has 1 atom stereocenters. The van der Waals surface area contributed by atoms with Gasteiger partial charge in [0.25, 0.3) is 0 Å². The van der Waals surface area contributed by atoms with Gasteiger partial charge >= 0.3 is 0 Å². The van der Waals surface area contributed by atoms with Crippen LogP contribution in [0, 0.1) is 11.6 Å². The van der Waals surface area contributed by atoms with Crippen molar-refractivity contribution in [3.05, 3.63) is 71.3 Å². The van der Waals surface area contributed by atoms with E-state index in [-0.39, 0.29) is 17.4 Å². The fourth-order valence-electron chi connectivity index (χ4n) is 2.83. The van der Waals surface area contributed by atoms with Crippen LogP contribution >= 0.6 is 0 Å². The van der Waals surface area contributed by atoms with Gasteiger partial charge in [0.15, 0.2) is 11.6 Å². The van der Waals surface area contributed by atoms with Crippen LogP contribution in [0.2, 0.25) is 0 Å². The molecule has 1 aliphatic carbocycles. The molecule has 0 aromatic heterocycles. The van der Waals surface area contributed by atoms with Gasteiger partial charge in [-0.05, 0) is 30.0 Å². The van der Waals surface area contributed by atoms with Gasteiger partial charge in [0.1, 0.15) is 0 Å². The summed E-state index contributed by atoms with van der Waals surface area (Å²) in [6, 6.07) is 13.9. The van der Waals surface area contributed by atoms with E-state index in [2.05, 4.69) is 0 Å². The predicted octanol–water partition coefficient (Wildman–Crippen LogP) is 3.60. The van der Waals surface area contributed by atoms with E-state index in [1.165, 1.54) is 12.1 Å². The SMILES string of the molecule is OC(Cc1cccc(F)c1F)C1(c2ccccc2)CC1. The molecular formula is C17H16F2O. The summed E-state index contributed by atoms with van der Waals surface area (Å²) in [4.78, 5) is 0. The lowest BCUT2D eigenvalue weighted by Crippen LogP contribution is -2.28. The zero-order valence-electron chi connectivity index (χ0n) is 11.0. The summed E-state index contributed by atoms with van der Waals surface area (Å²) in [6.45, 7) is 0. The Morgan fingerprint density at radius 3 is 2.35 bits per heavy atom. The van der Waals surface area contributed by atoms with Crippen LogP contribution in [0.4, 0.5) is 8.78 Å². The molecule has 2 aromatic carbocycles. The molecule has 1 nitrogen and oxygen atoms in total. The summed E-state index contributed by atoms with van der Waals surface area (Å²) in [5, 5.41) is 10.5. The van der Waals surface area contributed by atoms with Crippen molar-refractivity contribution in [1.29, 1.82) is 0 Å². The first-order valence-corrected chi connectivity index (χ1v) is 6.80. The van der Waals surface area contributed by atoms with Crippen molar-refractivity contribution in [3.8, 4) is 0 Å². The first kappa shape index (κ1) is 13.3. The number of benzene rings is 2. The molecule has 1 N–H and O–H groups in total. The third-order valence-electron chi connectivity index (χ3n) is 4.22. The van der Waals surface area contributed by atoms with Crippen LogP contribution in [-0.4, -0.2) is 11.2 Å². The molecule has 0 amide bonds. The summed E-state index contributed by atoms with van der Waals surface area (Å²) in [5.74, 6) is -1.71. The monoisotopic (exact) mass is 274 g/mol. The maximum Gasteiger partial charge on any atom is 0.162 e. The van der Waals surface area contributed by atoms with Gasteiger partial charge in [0, 0.05) is 11.8 Å². The van der Waals surface area contributed by atoms with E-state index in [4.69, 9.17) is 0 Å². The lowest BCUT2D eigenvalue weighted by Gasteiger charge is -2.23. The minimum absolute atomic E-state index is 0.137. The Balaban J connectivity index is 1.83. The Bertz CT molecular complexity index is 606. The Kier molecular flexibility index (Phi) is 3.30. The molecule has 0 spiro atoms. The predicted molar refractivity (Wildman–Crippen MR) is 73.4 cm³/mol. The van der Waals surface area contributed by atoms with E-state index >= 15 is 0 Å². The smallest absolute Gasteiger partial charge is 0.162 e. The average Bonchev–Trinajstić information content (AvgIpc) is 3.26. The topological polar surface area (TPSA) is 20.2 Å². The maximum atomic E-state index is 13.7. The van der Waals surface area contributed by atoms with Crippen LogP contribution in [0.3, 0.4) is 0 Å². The van der Waals surface area contributed by atoms with Gasteiger partial charge in [-0.2, -0.15) is 0 Å². The maximum absolute atomic E-state index is 13.7. The van der Waals surface area contributed by atoms with Crippen LogP contribution in [0.25, 0.3) is 0 Å². The molecule has 2 aromatic rings. The van der Waals surface area contributed by atoms with Gasteiger partial charge in [-0.1, -0.05) is 42.5 Å². The third-order valence-corrected chi connectivity index (χ3v) is 4.22. The second kappa shape index (κ2) is 4.98. The molecule has 20 heavy (non-hydrogen) atoms. The third kappa shape index (κ3) is 2.22. The van der Waals surface area contributed by atoms with Crippen molar-refractivity contribution in [1.82, 2.24) is 0 Å². The lowest BCUT2D eigenvalue weighted by atomic mass is 9.86. The second-order valence-corrected chi connectivity index (χ2v) is 5.46. The van der Waals surface area contributed by atoms with E-state index in [0.717, 1.165) is 24.5 Å². The van der Waals surface area contributed by atoms with E-state index in [0.29, 0.717) is 0 Å². The van der Waals surface area contributed by atoms with Crippen molar-refractivity contribution >= 4 is 0 Å². The van der Waals surface area contributed by atoms with Gasteiger partial charge < -0.3 is 5.11 Å². The Hall–Kier alpha value is -1.74. The molecule has 0 saturated heterocycles. The van der Waals surface area contributed by atoms with Gasteiger partial charge in [-0.3, -0.25) is 0 Å². The standard InChI is InChI=1S/C17H16F2O/c18-14-8-4-5-12(16(14)19)11-15(20)17(9-10-17)13-6-2-1-3-7-13/h1-8,15,20H,9-11H2. The zero-order valence-corrected chi connectivity index (χ0v) is 11.0. The molecule has 1 unspecified atom stereocenters. The lowest BCUT2D eigenvalue weighted by molar-refractivity contribution is 0.130. The van der Waals surface area contributed by atoms with Gasteiger partial charge in [0.2, 0.25) is 0 Å². The van der Waals surface area contributed by atoms with E-state index < -0.39 is 17.7 Å². The number of halogens is 2. The van der Waals surface area contributed by atoms with Gasteiger partial charge in [-0.15, -0.1) is 0 Å². The molecule has 0 aliphatic heterocycles. The number of aliphatic hydroxyl groups is 1. The molecule has 1 aliphatic rings. The highest BCUT2D eigenvalue weighted by Gasteiger charge is 2.50. The van der Waals surface area contributed by atoms with E-state index in [1.807, 2.05) is 30.3 Å². The molecule has 0 bridgehead atoms. The number of rotatable bonds is 4. The molecule has 3 heteroatoms. The van der Waals surface area contributed by atoms with Crippen LogP contribution in [0.15, 0.2) is 48.5 Å². The van der Waals surface area contributed by atoms with E-state index in [9.17, 15) is 13.9 Å². The van der Waals surface area contributed by atoms with Crippen LogP contribution in [0.5, 0.6) is 0 Å². The number of hydrogen-bond donors (Lipinski definition) is 1. The van der Waals surface area contributed by atoms with Crippen molar-refractivity contribution in [2.45, 2.75) is 30.8 Å². The van der Waals surface area contributed by atoms with Crippen molar-refractivity contribution < 1.29 is 13.9 Å². The Morgan fingerprint density at radius 1 is 1.00 bits per heavy atom. The normalized spacial score (nSPS) is 17.8. The molecule has 0 heterocycles. The van der Waals surface area contributed by atoms with E-state index in [1.54, 1.807) is 0 Å². The minimum Gasteiger partial charge on any atom is -0.392 e. The van der Waals surface area contributed by atoms with Crippen molar-refractivity contribution in [3.63, 3.8) is 0 Å². The molecule has 3 rings (SSSR count). The summed E-state index contributed by atoms with van der Waals surface area (Å²) in [7, 11) is 0. The van der Waals surface area contributed by atoms with Crippen molar-refractivity contribution in [2.24, 2.45) is 0 Å². The molecule has 0 radical (unpaired) electrons. The first-order chi connectivity index (χ1) is 9.63. The Morgan fingerprint density at radius 2 is 1.70 bits per heavy atom. The highest BCUT2D eigenvalue weighted by atomic mass is 19.2. The van der Waals surface area contributed by atoms with Gasteiger partial charge in [0.05, 0.1) is 6.10 Å². The fourth-order valence-corrected chi connectivity index (χ4v) is 2.83. The summed E-state index contributed by atoms with van der Waals surface area (Å²) in [6.07, 6.45) is 1.21. The fraction of sp³-hybridized carbons (Fsp3) is 0.294. The highest BCUT2D eigenvalue weighted by molar-refractivity contribution is 5.34. The average molecular weight is 274 g/mol. The Labute approximate surface area is 116 Å². The van der Waals surface area contributed by atoms with Crippen molar-refractivity contribution in [2.75, 3.05) is 0 Å². The first-order valence-electron chi connectivity index (χ1n) is 6.80. The molecule has 1 fully saturated rings. The summed E-state index contributed by atoms with van der Waals surface area (Å²) >= 11 is 0. The number of aliphatic hydroxyl groups excluding tert-OH is 1.